The molecule has 1 amide bonds. The van der Waals surface area contributed by atoms with E-state index in [9.17, 15) is 19.7 Å². The molecule has 1 unspecified atom stereocenters. The van der Waals surface area contributed by atoms with E-state index in [1.165, 1.54) is 17.0 Å². The third kappa shape index (κ3) is 4.72. The third-order valence-corrected chi connectivity index (χ3v) is 7.77. The number of amides is 1. The minimum absolute atomic E-state index is 0.0394. The van der Waals surface area contributed by atoms with E-state index in [-0.39, 0.29) is 29.2 Å². The first kappa shape index (κ1) is 23.2. The van der Waals surface area contributed by atoms with Crippen molar-refractivity contribution in [2.75, 3.05) is 11.1 Å². The molecule has 1 aromatic carbocycles. The van der Waals surface area contributed by atoms with Gasteiger partial charge in [0.2, 0.25) is 5.91 Å². The Hall–Kier alpha value is -2.98. The number of carbonyl (C=O) groups excluding carboxylic acids is 1. The molecule has 2 heterocycles. The predicted octanol–water partition coefficient (Wildman–Crippen LogP) is 4.72. The van der Waals surface area contributed by atoms with Crippen molar-refractivity contribution in [1.82, 2.24) is 9.55 Å². The van der Waals surface area contributed by atoms with Crippen molar-refractivity contribution < 1.29 is 9.72 Å². The number of aryl methyl sites for hydroxylation is 2. The zero-order valence-electron chi connectivity index (χ0n) is 18.4. The second-order valence-corrected chi connectivity index (χ2v) is 10.3. The van der Waals surface area contributed by atoms with Gasteiger partial charge in [0.25, 0.3) is 11.2 Å². The van der Waals surface area contributed by atoms with E-state index in [0.717, 1.165) is 42.2 Å². The number of anilines is 1. The van der Waals surface area contributed by atoms with Gasteiger partial charge in [-0.05, 0) is 49.3 Å². The summed E-state index contributed by atoms with van der Waals surface area (Å²) in [6.07, 6.45) is 4.53. The Labute approximate surface area is 198 Å². The molecule has 1 N–H and O–H groups in total. The molecule has 0 radical (unpaired) electrons. The lowest BCUT2D eigenvalue weighted by molar-refractivity contribution is -0.384. The number of allylic oxidation sites excluding steroid dienone is 1. The van der Waals surface area contributed by atoms with Crippen molar-refractivity contribution in [2.24, 2.45) is 5.92 Å². The largest absolute Gasteiger partial charge is 0.320 e. The fourth-order valence-corrected chi connectivity index (χ4v) is 6.25. The van der Waals surface area contributed by atoms with E-state index in [1.54, 1.807) is 35.0 Å². The van der Waals surface area contributed by atoms with Crippen LogP contribution in [-0.2, 0) is 24.2 Å². The third-order valence-electron chi connectivity index (χ3n) is 5.65. The van der Waals surface area contributed by atoms with Crippen molar-refractivity contribution in [1.29, 1.82) is 0 Å². The van der Waals surface area contributed by atoms with Gasteiger partial charge in [-0.25, -0.2) is 4.98 Å². The van der Waals surface area contributed by atoms with E-state index >= 15 is 0 Å². The average Bonchev–Trinajstić information content (AvgIpc) is 3.13. The van der Waals surface area contributed by atoms with Crippen LogP contribution in [0.2, 0.25) is 0 Å². The first-order valence-corrected chi connectivity index (χ1v) is 12.4. The van der Waals surface area contributed by atoms with Gasteiger partial charge in [-0.15, -0.1) is 17.9 Å². The van der Waals surface area contributed by atoms with Crippen LogP contribution in [0.25, 0.3) is 10.2 Å². The van der Waals surface area contributed by atoms with Crippen LogP contribution < -0.4 is 10.9 Å². The van der Waals surface area contributed by atoms with Crippen LogP contribution in [0, 0.1) is 23.0 Å². The zero-order valence-corrected chi connectivity index (χ0v) is 20.1. The summed E-state index contributed by atoms with van der Waals surface area (Å²) >= 11 is 2.70. The normalized spacial score (nSPS) is 15.3. The standard InChI is InChI=1S/C23H24N4O4S2/c1-4-9-26-22(29)20-15-7-5-14(3)11-18(15)33-21(20)25-23(26)32-12-19(28)24-16-8-6-13(2)10-17(16)27(30)31/h4,6,8,10,14H,1,5,7,9,11-12H2,2-3H3,(H,24,28). The van der Waals surface area contributed by atoms with Crippen LogP contribution in [0.4, 0.5) is 11.4 Å². The molecule has 3 aromatic rings. The van der Waals surface area contributed by atoms with Crippen LogP contribution in [-0.4, -0.2) is 26.1 Å². The summed E-state index contributed by atoms with van der Waals surface area (Å²) in [7, 11) is 0. The number of benzene rings is 1. The molecule has 1 aliphatic rings. The Kier molecular flexibility index (Phi) is 6.66. The average molecular weight is 485 g/mol. The Morgan fingerprint density at radius 2 is 2.27 bits per heavy atom. The van der Waals surface area contributed by atoms with Gasteiger partial charge >= 0.3 is 0 Å². The van der Waals surface area contributed by atoms with Crippen molar-refractivity contribution in [3.8, 4) is 0 Å². The first-order chi connectivity index (χ1) is 15.8. The van der Waals surface area contributed by atoms with Crippen LogP contribution in [0.3, 0.4) is 0 Å². The molecule has 172 valence electrons. The number of rotatable bonds is 7. The van der Waals surface area contributed by atoms with E-state index < -0.39 is 10.8 Å². The van der Waals surface area contributed by atoms with E-state index in [2.05, 4.69) is 18.8 Å². The summed E-state index contributed by atoms with van der Waals surface area (Å²) in [5, 5.41) is 15.0. The quantitative estimate of drug-likeness (QED) is 0.171. The number of hydrogen-bond donors (Lipinski definition) is 1. The molecule has 8 nitrogen and oxygen atoms in total. The highest BCUT2D eigenvalue weighted by molar-refractivity contribution is 7.99. The number of carbonyl (C=O) groups is 1. The highest BCUT2D eigenvalue weighted by Gasteiger charge is 2.25. The molecule has 1 aliphatic carbocycles. The smallest absolute Gasteiger partial charge is 0.293 e. The molecule has 0 bridgehead atoms. The number of thiophene rings is 1. The molecular weight excluding hydrogens is 460 g/mol. The number of nitro groups is 1. The zero-order chi connectivity index (χ0) is 23.7. The SMILES string of the molecule is C=CCn1c(SCC(=O)Nc2ccc(C)cc2[N+](=O)[O-])nc2sc3c(c2c1=O)CCC(C)C3. The Morgan fingerprint density at radius 3 is 3.00 bits per heavy atom. The van der Waals surface area contributed by atoms with Gasteiger partial charge in [-0.2, -0.15) is 0 Å². The Balaban J connectivity index is 1.60. The van der Waals surface area contributed by atoms with E-state index in [4.69, 9.17) is 4.98 Å². The summed E-state index contributed by atoms with van der Waals surface area (Å²) in [6, 6.07) is 4.64. The summed E-state index contributed by atoms with van der Waals surface area (Å²) in [4.78, 5) is 43.4. The van der Waals surface area contributed by atoms with Crippen LogP contribution in [0.1, 0.15) is 29.3 Å². The van der Waals surface area contributed by atoms with Gasteiger partial charge in [0, 0.05) is 17.5 Å². The number of hydrogen-bond acceptors (Lipinski definition) is 7. The van der Waals surface area contributed by atoms with Crippen molar-refractivity contribution in [3.05, 3.63) is 67.3 Å². The molecule has 0 saturated carbocycles. The number of fused-ring (bicyclic) bond motifs is 3. The fraction of sp³-hybridized carbons (Fsp3) is 0.348. The van der Waals surface area contributed by atoms with Crippen LogP contribution in [0.15, 0.2) is 40.8 Å². The minimum Gasteiger partial charge on any atom is -0.320 e. The maximum absolute atomic E-state index is 13.3. The van der Waals surface area contributed by atoms with E-state index in [1.807, 2.05) is 0 Å². The fourth-order valence-electron chi connectivity index (χ4n) is 4.02. The van der Waals surface area contributed by atoms with Crippen molar-refractivity contribution >= 4 is 50.6 Å². The van der Waals surface area contributed by atoms with Crippen LogP contribution in [0.5, 0.6) is 0 Å². The molecule has 33 heavy (non-hydrogen) atoms. The number of nitrogens with one attached hydrogen (secondary N) is 1. The molecule has 1 atom stereocenters. The van der Waals surface area contributed by atoms with Gasteiger partial charge in [0.1, 0.15) is 10.5 Å². The highest BCUT2D eigenvalue weighted by atomic mass is 32.2. The summed E-state index contributed by atoms with van der Waals surface area (Å²) in [5.74, 6) is 0.137. The molecule has 4 rings (SSSR count). The molecule has 0 saturated heterocycles. The minimum atomic E-state index is -0.521. The highest BCUT2D eigenvalue weighted by Crippen LogP contribution is 2.36. The maximum atomic E-state index is 13.3. The first-order valence-electron chi connectivity index (χ1n) is 10.6. The number of aromatic nitrogens is 2. The molecular formula is C23H24N4O4S2. The number of nitro benzene ring substituents is 1. The van der Waals surface area contributed by atoms with Crippen molar-refractivity contribution in [2.45, 2.75) is 44.8 Å². The summed E-state index contributed by atoms with van der Waals surface area (Å²) < 4.78 is 1.55. The second kappa shape index (κ2) is 9.48. The monoisotopic (exact) mass is 484 g/mol. The molecule has 10 heteroatoms. The molecule has 0 fully saturated rings. The topological polar surface area (TPSA) is 107 Å². The Morgan fingerprint density at radius 1 is 1.48 bits per heavy atom. The van der Waals surface area contributed by atoms with Crippen molar-refractivity contribution in [3.63, 3.8) is 0 Å². The maximum Gasteiger partial charge on any atom is 0.293 e. The molecule has 2 aromatic heterocycles. The van der Waals surface area contributed by atoms with Gasteiger partial charge in [0.15, 0.2) is 5.16 Å². The number of nitrogens with zero attached hydrogens (tertiary/aromatic N) is 3. The molecule has 0 aliphatic heterocycles. The van der Waals surface area contributed by atoms with Gasteiger partial charge in [0.05, 0.1) is 16.1 Å². The van der Waals surface area contributed by atoms with Gasteiger partial charge in [-0.1, -0.05) is 30.8 Å². The molecule has 0 spiro atoms. The Bertz CT molecular complexity index is 1330. The predicted molar refractivity (Wildman–Crippen MR) is 132 cm³/mol. The lowest BCUT2D eigenvalue weighted by Crippen LogP contribution is -2.24. The van der Waals surface area contributed by atoms with Gasteiger partial charge in [-0.3, -0.25) is 24.3 Å². The van der Waals surface area contributed by atoms with Gasteiger partial charge < -0.3 is 5.32 Å². The lowest BCUT2D eigenvalue weighted by atomic mass is 9.89. The van der Waals surface area contributed by atoms with Crippen LogP contribution >= 0.6 is 23.1 Å². The summed E-state index contributed by atoms with van der Waals surface area (Å²) in [6.45, 7) is 8.00. The summed E-state index contributed by atoms with van der Waals surface area (Å²) in [5.41, 5.74) is 1.72. The van der Waals surface area contributed by atoms with E-state index in [0.29, 0.717) is 21.3 Å². The number of thioether (sulfide) groups is 1. The second-order valence-electron chi connectivity index (χ2n) is 8.25. The lowest BCUT2D eigenvalue weighted by Gasteiger charge is -2.17.